The number of aryl methyl sites for hydroxylation is 1. The molecule has 33 heavy (non-hydrogen) atoms. The monoisotopic (exact) mass is 461 g/mol. The van der Waals surface area contributed by atoms with E-state index in [2.05, 4.69) is 21.4 Å². The first-order valence-corrected chi connectivity index (χ1v) is 11.5. The van der Waals surface area contributed by atoms with Crippen LogP contribution in [0.15, 0.2) is 49.1 Å². The summed E-state index contributed by atoms with van der Waals surface area (Å²) in [4.78, 5) is 35.6. The number of thiophene rings is 1. The second-order valence-corrected chi connectivity index (χ2v) is 8.73. The smallest absolute Gasteiger partial charge is 0.410 e. The van der Waals surface area contributed by atoms with Crippen LogP contribution in [0, 0.1) is 11.3 Å². The summed E-state index contributed by atoms with van der Waals surface area (Å²) < 4.78 is 5.43. The first-order chi connectivity index (χ1) is 16.1. The number of fused-ring (bicyclic) bond motifs is 1. The maximum absolute atomic E-state index is 12.5. The zero-order chi connectivity index (χ0) is 23.0. The summed E-state index contributed by atoms with van der Waals surface area (Å²) in [6, 6.07) is 9.78. The van der Waals surface area contributed by atoms with Gasteiger partial charge in [0.1, 0.15) is 11.1 Å². The quantitative estimate of drug-likeness (QED) is 0.575. The summed E-state index contributed by atoms with van der Waals surface area (Å²) in [5.41, 5.74) is 3.39. The molecule has 0 spiro atoms. The van der Waals surface area contributed by atoms with Crippen molar-refractivity contribution in [3.8, 4) is 6.07 Å². The molecule has 4 heterocycles. The number of rotatable bonds is 7. The summed E-state index contributed by atoms with van der Waals surface area (Å²) >= 11 is 1.35. The van der Waals surface area contributed by atoms with Gasteiger partial charge >= 0.3 is 6.09 Å². The van der Waals surface area contributed by atoms with Crippen LogP contribution in [0.1, 0.15) is 33.6 Å². The Morgan fingerprint density at radius 2 is 1.88 bits per heavy atom. The Kier molecular flexibility index (Phi) is 7.27. The molecule has 0 bridgehead atoms. The molecular formula is C24H23N5O3S. The Morgan fingerprint density at radius 3 is 2.55 bits per heavy atom. The lowest BCUT2D eigenvalue weighted by atomic mass is 10.0. The number of hydrogen-bond donors (Lipinski definition) is 1. The molecule has 3 aromatic rings. The second-order valence-electron chi connectivity index (χ2n) is 7.63. The van der Waals surface area contributed by atoms with E-state index in [-0.39, 0.29) is 18.6 Å². The lowest BCUT2D eigenvalue weighted by molar-refractivity contribution is -0.116. The van der Waals surface area contributed by atoms with Gasteiger partial charge in [-0.05, 0) is 41.7 Å². The fourth-order valence-electron chi connectivity index (χ4n) is 3.65. The van der Waals surface area contributed by atoms with Crippen molar-refractivity contribution in [1.82, 2.24) is 14.9 Å². The van der Waals surface area contributed by atoms with Gasteiger partial charge in [0.2, 0.25) is 5.91 Å². The van der Waals surface area contributed by atoms with Crippen LogP contribution < -0.4 is 5.32 Å². The average Bonchev–Trinajstić information content (AvgIpc) is 3.20. The lowest BCUT2D eigenvalue weighted by Gasteiger charge is -2.26. The van der Waals surface area contributed by atoms with Crippen LogP contribution in [0.2, 0.25) is 0 Å². The van der Waals surface area contributed by atoms with E-state index in [1.54, 1.807) is 29.7 Å². The number of amides is 2. The van der Waals surface area contributed by atoms with Crippen molar-refractivity contribution in [2.24, 2.45) is 0 Å². The summed E-state index contributed by atoms with van der Waals surface area (Å²) in [5.74, 6) is -0.152. The Hall–Kier alpha value is -3.77. The van der Waals surface area contributed by atoms with Crippen LogP contribution in [-0.4, -0.2) is 40.0 Å². The van der Waals surface area contributed by atoms with Crippen LogP contribution >= 0.6 is 11.3 Å². The topological polar surface area (TPSA) is 108 Å². The molecule has 1 aliphatic heterocycles. The second kappa shape index (κ2) is 10.7. The molecule has 0 saturated carbocycles. The first kappa shape index (κ1) is 22.4. The highest BCUT2D eigenvalue weighted by atomic mass is 32.1. The molecule has 9 heteroatoms. The van der Waals surface area contributed by atoms with E-state index in [1.165, 1.54) is 11.3 Å². The minimum Gasteiger partial charge on any atom is -0.449 e. The van der Waals surface area contributed by atoms with Crippen LogP contribution in [0.5, 0.6) is 0 Å². The van der Waals surface area contributed by atoms with E-state index in [9.17, 15) is 14.9 Å². The number of carbonyl (C=O) groups excluding carboxylic acids is 2. The molecule has 3 aromatic heterocycles. The van der Waals surface area contributed by atoms with Crippen molar-refractivity contribution in [2.75, 3.05) is 18.5 Å². The van der Waals surface area contributed by atoms with Crippen LogP contribution in [0.3, 0.4) is 0 Å². The van der Waals surface area contributed by atoms with Crippen molar-refractivity contribution in [1.29, 1.82) is 5.26 Å². The maximum Gasteiger partial charge on any atom is 0.410 e. The van der Waals surface area contributed by atoms with Gasteiger partial charge in [-0.1, -0.05) is 12.1 Å². The van der Waals surface area contributed by atoms with Crippen molar-refractivity contribution in [3.05, 3.63) is 76.2 Å². The van der Waals surface area contributed by atoms with Gasteiger partial charge in [0.05, 0.1) is 18.7 Å². The largest absolute Gasteiger partial charge is 0.449 e. The van der Waals surface area contributed by atoms with E-state index >= 15 is 0 Å². The van der Waals surface area contributed by atoms with E-state index in [0.717, 1.165) is 21.6 Å². The number of nitriles is 1. The molecule has 8 nitrogen and oxygen atoms in total. The molecule has 0 atom stereocenters. The predicted molar refractivity (Wildman–Crippen MR) is 124 cm³/mol. The van der Waals surface area contributed by atoms with Gasteiger partial charge in [-0.15, -0.1) is 11.3 Å². The summed E-state index contributed by atoms with van der Waals surface area (Å²) in [7, 11) is 0. The van der Waals surface area contributed by atoms with Crippen LogP contribution in [0.4, 0.5) is 9.80 Å². The van der Waals surface area contributed by atoms with Gasteiger partial charge in [-0.25, -0.2) is 4.79 Å². The van der Waals surface area contributed by atoms with E-state index in [4.69, 9.17) is 4.74 Å². The number of hydrogen-bond acceptors (Lipinski definition) is 7. The lowest BCUT2D eigenvalue weighted by Crippen LogP contribution is -2.36. The van der Waals surface area contributed by atoms with Gasteiger partial charge in [-0.2, -0.15) is 5.26 Å². The van der Waals surface area contributed by atoms with Crippen molar-refractivity contribution < 1.29 is 14.3 Å². The zero-order valence-corrected chi connectivity index (χ0v) is 18.8. The number of aromatic nitrogens is 2. The number of pyridine rings is 2. The zero-order valence-electron chi connectivity index (χ0n) is 18.0. The molecule has 168 valence electrons. The van der Waals surface area contributed by atoms with Gasteiger partial charge < -0.3 is 15.0 Å². The molecule has 0 aliphatic carbocycles. The van der Waals surface area contributed by atoms with E-state index < -0.39 is 0 Å². The molecule has 1 N–H and O–H groups in total. The number of ether oxygens (including phenoxy) is 1. The normalized spacial score (nSPS) is 12.5. The number of nitrogens with zero attached hydrogens (tertiary/aromatic N) is 4. The highest BCUT2D eigenvalue weighted by Gasteiger charge is 2.28. The Labute approximate surface area is 195 Å². The number of nitrogens with one attached hydrogen (secondary N) is 1. The number of carbonyl (C=O) groups is 2. The first-order valence-electron chi connectivity index (χ1n) is 10.7. The molecule has 0 fully saturated rings. The third-order valence-electron chi connectivity index (χ3n) is 5.38. The van der Waals surface area contributed by atoms with Gasteiger partial charge in [0.15, 0.2) is 0 Å². The third kappa shape index (κ3) is 5.73. The molecular weight excluding hydrogens is 438 g/mol. The maximum atomic E-state index is 12.5. The average molecular weight is 462 g/mol. The molecule has 4 rings (SSSR count). The SMILES string of the molecule is N#Cc1c(NC(=O)CCc2cccnc2)sc2c1CCN(C(=O)OCCc1cccnc1)C2. The minimum absolute atomic E-state index is 0.152. The van der Waals surface area contributed by atoms with Gasteiger partial charge in [0, 0.05) is 49.1 Å². The molecule has 1 aliphatic rings. The third-order valence-corrected chi connectivity index (χ3v) is 6.51. The van der Waals surface area contributed by atoms with Crippen LogP contribution in [-0.2, 0) is 35.3 Å². The van der Waals surface area contributed by atoms with Crippen molar-refractivity contribution in [2.45, 2.75) is 32.2 Å². The Morgan fingerprint density at radius 1 is 1.15 bits per heavy atom. The van der Waals surface area contributed by atoms with Crippen LogP contribution in [0.25, 0.3) is 0 Å². The fourth-order valence-corrected chi connectivity index (χ4v) is 4.88. The highest BCUT2D eigenvalue weighted by Crippen LogP contribution is 2.36. The van der Waals surface area contributed by atoms with E-state index in [1.807, 2.05) is 24.3 Å². The van der Waals surface area contributed by atoms with Crippen molar-refractivity contribution in [3.63, 3.8) is 0 Å². The van der Waals surface area contributed by atoms with Crippen molar-refractivity contribution >= 4 is 28.3 Å². The van der Waals surface area contributed by atoms with Gasteiger partial charge in [-0.3, -0.25) is 14.8 Å². The number of anilines is 1. The molecule has 0 aromatic carbocycles. The molecule has 0 unspecified atom stereocenters. The molecule has 2 amide bonds. The Balaban J connectivity index is 1.33. The Bertz CT molecular complexity index is 1160. The standard InChI is InChI=1S/C24H23N5O3S/c25-13-20-19-7-11-29(24(31)32-12-8-18-4-2-10-27-15-18)16-21(19)33-23(20)28-22(30)6-5-17-3-1-9-26-14-17/h1-4,9-10,14-15H,5-8,11-12,16H2,(H,28,30). The summed E-state index contributed by atoms with van der Waals surface area (Å²) in [6.07, 6.45) is 8.54. The highest BCUT2D eigenvalue weighted by molar-refractivity contribution is 7.16. The molecule has 0 radical (unpaired) electrons. The summed E-state index contributed by atoms with van der Waals surface area (Å²) in [5, 5.41) is 13.1. The van der Waals surface area contributed by atoms with E-state index in [0.29, 0.717) is 49.3 Å². The van der Waals surface area contributed by atoms with Gasteiger partial charge in [0.25, 0.3) is 0 Å². The minimum atomic E-state index is -0.376. The molecule has 0 saturated heterocycles. The summed E-state index contributed by atoms with van der Waals surface area (Å²) in [6.45, 7) is 1.12. The fraction of sp³-hybridized carbons (Fsp3) is 0.292. The predicted octanol–water partition coefficient (Wildman–Crippen LogP) is 3.72.